The summed E-state index contributed by atoms with van der Waals surface area (Å²) in [6.45, 7) is 1.70. The number of rotatable bonds is 7. The van der Waals surface area contributed by atoms with Crippen LogP contribution in [0.3, 0.4) is 0 Å². The van der Waals surface area contributed by atoms with Gasteiger partial charge >= 0.3 is 6.61 Å². The number of aliphatic imine (C=N–C) groups is 1. The van der Waals surface area contributed by atoms with Crippen LogP contribution in [0.2, 0.25) is 0 Å². The molecule has 0 atom stereocenters. The lowest BCUT2D eigenvalue weighted by Crippen LogP contribution is -2.36. The summed E-state index contributed by atoms with van der Waals surface area (Å²) in [7, 11) is 1.63. The first kappa shape index (κ1) is 21.3. The molecule has 6 nitrogen and oxygen atoms in total. The molecule has 0 saturated heterocycles. The maximum Gasteiger partial charge on any atom is 0.387 e. The monoisotopic (exact) mass is 414 g/mol. The van der Waals surface area contributed by atoms with Crippen LogP contribution in [-0.4, -0.2) is 24.6 Å². The van der Waals surface area contributed by atoms with Gasteiger partial charge in [-0.25, -0.2) is 4.98 Å². The molecule has 3 aromatic rings. The Morgan fingerprint density at radius 3 is 2.47 bits per heavy atom. The van der Waals surface area contributed by atoms with Crippen molar-refractivity contribution in [2.75, 3.05) is 7.05 Å². The number of nitrogens with zero attached hydrogens (tertiary/aromatic N) is 2. The normalized spacial score (nSPS) is 11.6. The van der Waals surface area contributed by atoms with Gasteiger partial charge < -0.3 is 19.8 Å². The van der Waals surface area contributed by atoms with Crippen LogP contribution in [-0.2, 0) is 13.1 Å². The number of guanidine groups is 1. The third kappa shape index (κ3) is 5.79. The Bertz CT molecular complexity index is 1000. The number of nitrogens with one attached hydrogen (secondary N) is 2. The van der Waals surface area contributed by atoms with Gasteiger partial charge in [-0.2, -0.15) is 8.78 Å². The van der Waals surface area contributed by atoms with Crippen molar-refractivity contribution >= 4 is 5.96 Å². The molecule has 2 aromatic carbocycles. The van der Waals surface area contributed by atoms with Gasteiger partial charge in [-0.05, 0) is 32.0 Å². The van der Waals surface area contributed by atoms with Crippen molar-refractivity contribution in [1.29, 1.82) is 0 Å². The number of benzene rings is 2. The van der Waals surface area contributed by atoms with Crippen LogP contribution in [0, 0.1) is 13.8 Å². The van der Waals surface area contributed by atoms with Crippen molar-refractivity contribution in [3.63, 3.8) is 0 Å². The van der Waals surface area contributed by atoms with Crippen molar-refractivity contribution in [2.45, 2.75) is 33.5 Å². The molecule has 1 heterocycles. The third-order valence-corrected chi connectivity index (χ3v) is 4.39. The number of hydrogen-bond acceptors (Lipinski definition) is 4. The Kier molecular flexibility index (Phi) is 7.00. The summed E-state index contributed by atoms with van der Waals surface area (Å²) in [5.41, 5.74) is 4.34. The van der Waals surface area contributed by atoms with E-state index in [-0.39, 0.29) is 12.3 Å². The Morgan fingerprint density at radius 1 is 1.07 bits per heavy atom. The van der Waals surface area contributed by atoms with E-state index in [1.165, 1.54) is 6.07 Å². The van der Waals surface area contributed by atoms with Crippen LogP contribution in [0.4, 0.5) is 8.78 Å². The molecule has 0 unspecified atom stereocenters. The lowest BCUT2D eigenvalue weighted by Gasteiger charge is -2.14. The first-order valence-electron chi connectivity index (χ1n) is 9.45. The van der Waals surface area contributed by atoms with E-state index in [0.29, 0.717) is 29.7 Å². The third-order valence-electron chi connectivity index (χ3n) is 4.39. The number of alkyl halides is 2. The van der Waals surface area contributed by atoms with Crippen LogP contribution in [0.25, 0.3) is 11.5 Å². The van der Waals surface area contributed by atoms with Crippen molar-refractivity contribution in [1.82, 2.24) is 15.6 Å². The summed E-state index contributed by atoms with van der Waals surface area (Å²) in [5.74, 6) is 1.18. The molecule has 0 spiro atoms. The maximum absolute atomic E-state index is 12.6. The highest BCUT2D eigenvalue weighted by Gasteiger charge is 2.11. The minimum absolute atomic E-state index is 0.137. The summed E-state index contributed by atoms with van der Waals surface area (Å²) in [4.78, 5) is 8.63. The average Bonchev–Trinajstić information content (AvgIpc) is 3.19. The van der Waals surface area contributed by atoms with Crippen molar-refractivity contribution in [2.24, 2.45) is 4.99 Å². The minimum atomic E-state index is -2.88. The van der Waals surface area contributed by atoms with E-state index < -0.39 is 6.61 Å². The van der Waals surface area contributed by atoms with Crippen LogP contribution >= 0.6 is 0 Å². The Balaban J connectivity index is 1.58. The molecule has 158 valence electrons. The number of aryl methyl sites for hydroxylation is 2. The van der Waals surface area contributed by atoms with E-state index in [9.17, 15) is 8.78 Å². The van der Waals surface area contributed by atoms with E-state index in [0.717, 1.165) is 16.7 Å². The zero-order chi connectivity index (χ0) is 21.5. The number of aromatic nitrogens is 1. The minimum Gasteiger partial charge on any atom is -0.444 e. The lowest BCUT2D eigenvalue weighted by atomic mass is 10.1. The van der Waals surface area contributed by atoms with Gasteiger partial charge in [0.15, 0.2) is 5.96 Å². The number of halogens is 2. The van der Waals surface area contributed by atoms with Crippen LogP contribution in [0.15, 0.2) is 58.1 Å². The highest BCUT2D eigenvalue weighted by atomic mass is 19.3. The zero-order valence-electron chi connectivity index (χ0n) is 17.1. The van der Waals surface area contributed by atoms with Gasteiger partial charge in [0.25, 0.3) is 0 Å². The summed E-state index contributed by atoms with van der Waals surface area (Å²) < 4.78 is 35.4. The fraction of sp³-hybridized carbons (Fsp3) is 0.273. The molecule has 0 aliphatic heterocycles. The molecule has 0 amide bonds. The smallest absolute Gasteiger partial charge is 0.387 e. The Labute approximate surface area is 174 Å². The van der Waals surface area contributed by atoms with Crippen LogP contribution in [0.1, 0.15) is 22.4 Å². The molecule has 0 aliphatic rings. The molecule has 30 heavy (non-hydrogen) atoms. The lowest BCUT2D eigenvalue weighted by molar-refractivity contribution is -0.0504. The first-order chi connectivity index (χ1) is 14.4. The summed E-state index contributed by atoms with van der Waals surface area (Å²) in [6.07, 6.45) is 1.59. The van der Waals surface area contributed by atoms with E-state index in [2.05, 4.69) is 25.3 Å². The molecule has 0 bridgehead atoms. The number of oxazole rings is 1. The summed E-state index contributed by atoms with van der Waals surface area (Å²) >= 11 is 0. The van der Waals surface area contributed by atoms with Crippen LogP contribution < -0.4 is 15.4 Å². The van der Waals surface area contributed by atoms with E-state index in [4.69, 9.17) is 4.42 Å². The summed E-state index contributed by atoms with van der Waals surface area (Å²) in [6, 6.07) is 13.0. The largest absolute Gasteiger partial charge is 0.444 e. The van der Waals surface area contributed by atoms with Gasteiger partial charge in [0, 0.05) is 24.7 Å². The predicted molar refractivity (Wildman–Crippen MR) is 112 cm³/mol. The van der Waals surface area contributed by atoms with Crippen molar-refractivity contribution in [3.05, 3.63) is 71.1 Å². The Hall–Kier alpha value is -3.42. The van der Waals surface area contributed by atoms with Crippen LogP contribution in [0.5, 0.6) is 5.75 Å². The van der Waals surface area contributed by atoms with Gasteiger partial charge in [0.1, 0.15) is 12.0 Å². The highest BCUT2D eigenvalue weighted by molar-refractivity contribution is 5.79. The molecule has 0 fully saturated rings. The van der Waals surface area contributed by atoms with E-state index >= 15 is 0 Å². The highest BCUT2D eigenvalue weighted by Crippen LogP contribution is 2.22. The molecule has 3 rings (SSSR count). The molecule has 1 aromatic heterocycles. The summed E-state index contributed by atoms with van der Waals surface area (Å²) in [5, 5.41) is 6.23. The number of hydrogen-bond donors (Lipinski definition) is 2. The van der Waals surface area contributed by atoms with Gasteiger partial charge in [0.05, 0.1) is 12.2 Å². The SMILES string of the molecule is CN=C(NCc1coc(-c2ccc(C)cc2)n1)NCc1cc(C)ccc1OC(F)F. The van der Waals surface area contributed by atoms with E-state index in [1.54, 1.807) is 25.4 Å². The second-order valence-corrected chi connectivity index (χ2v) is 6.78. The quantitative estimate of drug-likeness (QED) is 0.442. The molecule has 2 N–H and O–H groups in total. The topological polar surface area (TPSA) is 71.7 Å². The van der Waals surface area contributed by atoms with Gasteiger partial charge in [-0.3, -0.25) is 4.99 Å². The molecule has 0 radical (unpaired) electrons. The fourth-order valence-electron chi connectivity index (χ4n) is 2.85. The maximum atomic E-state index is 12.6. The standard InChI is InChI=1S/C22H24F2N4O2/c1-14-4-7-16(8-5-14)20-28-18(13-29-20)12-27-22(25-3)26-11-17-10-15(2)6-9-19(17)30-21(23)24/h4-10,13,21H,11-12H2,1-3H3,(H2,25,26,27). The molecule has 0 saturated carbocycles. The van der Waals surface area contributed by atoms with Gasteiger partial charge in [-0.1, -0.05) is 35.4 Å². The second-order valence-electron chi connectivity index (χ2n) is 6.78. The molecular formula is C22H24F2N4O2. The fourth-order valence-corrected chi connectivity index (χ4v) is 2.85. The van der Waals surface area contributed by atoms with Crippen molar-refractivity contribution in [3.8, 4) is 17.2 Å². The second kappa shape index (κ2) is 9.87. The molecular weight excluding hydrogens is 390 g/mol. The molecule has 8 heteroatoms. The van der Waals surface area contributed by atoms with Gasteiger partial charge in [0.2, 0.25) is 5.89 Å². The van der Waals surface area contributed by atoms with E-state index in [1.807, 2.05) is 38.1 Å². The molecule has 0 aliphatic carbocycles. The Morgan fingerprint density at radius 2 is 1.77 bits per heavy atom. The first-order valence-corrected chi connectivity index (χ1v) is 9.45. The number of ether oxygens (including phenoxy) is 1. The zero-order valence-corrected chi connectivity index (χ0v) is 17.1. The average molecular weight is 414 g/mol. The van der Waals surface area contributed by atoms with Crippen molar-refractivity contribution < 1.29 is 17.9 Å². The predicted octanol–water partition coefficient (Wildman–Crippen LogP) is 4.43. The van der Waals surface area contributed by atoms with Gasteiger partial charge in [-0.15, -0.1) is 0 Å².